The number of rotatable bonds is 9. The summed E-state index contributed by atoms with van der Waals surface area (Å²) < 4.78 is 10.8. The van der Waals surface area contributed by atoms with Crippen molar-refractivity contribution >= 4 is 74.2 Å². The molecule has 12 nitrogen and oxygen atoms in total. The van der Waals surface area contributed by atoms with Crippen molar-refractivity contribution < 1.29 is 19.3 Å². The Balaban J connectivity index is 1.50. The normalized spacial score (nSPS) is 12.5. The van der Waals surface area contributed by atoms with E-state index in [0.717, 1.165) is 17.7 Å². The number of halogens is 2. The minimum Gasteiger partial charge on any atom is -0.454 e. The van der Waals surface area contributed by atoms with E-state index in [2.05, 4.69) is 20.8 Å². The first-order valence-electron chi connectivity index (χ1n) is 11.7. The fraction of sp³-hybridized carbons (Fsp3) is 0.0769. The molecular weight excluding hydrogens is 595 g/mol. The second kappa shape index (κ2) is 11.8. The molecule has 41 heavy (non-hydrogen) atoms. The number of nitro benzene ring substituents is 2. The van der Waals surface area contributed by atoms with Crippen LogP contribution in [0.3, 0.4) is 0 Å². The number of nitrogens with zero attached hydrogens (tertiary/aromatic N) is 4. The van der Waals surface area contributed by atoms with E-state index in [-0.39, 0.29) is 12.5 Å². The van der Waals surface area contributed by atoms with Gasteiger partial charge in [-0.05, 0) is 55.0 Å². The summed E-state index contributed by atoms with van der Waals surface area (Å²) in [5.74, 6) is 1.24. The third-order valence-corrected chi connectivity index (χ3v) is 7.55. The topological polar surface area (TPSA) is 154 Å². The van der Waals surface area contributed by atoms with Crippen molar-refractivity contribution in [3.8, 4) is 11.5 Å². The largest absolute Gasteiger partial charge is 0.454 e. The molecule has 0 bridgehead atoms. The number of nitrogens with one attached hydrogen (secondary N) is 2. The zero-order valence-corrected chi connectivity index (χ0v) is 23.3. The van der Waals surface area contributed by atoms with Gasteiger partial charge in [0.25, 0.3) is 5.69 Å². The molecule has 0 fully saturated rings. The van der Waals surface area contributed by atoms with Gasteiger partial charge in [-0.25, -0.2) is 4.98 Å². The van der Waals surface area contributed by atoms with Gasteiger partial charge in [0.2, 0.25) is 6.79 Å². The summed E-state index contributed by atoms with van der Waals surface area (Å²) in [6, 6.07) is 13.8. The van der Waals surface area contributed by atoms with E-state index in [1.807, 2.05) is 12.1 Å². The maximum Gasteiger partial charge on any atom is 0.301 e. The highest BCUT2D eigenvalue weighted by Gasteiger charge is 2.20. The third kappa shape index (κ3) is 6.38. The van der Waals surface area contributed by atoms with E-state index in [9.17, 15) is 20.2 Å². The molecular formula is C26H18Cl2N6O6S. The van der Waals surface area contributed by atoms with Gasteiger partial charge in [-0.3, -0.25) is 25.7 Å². The van der Waals surface area contributed by atoms with Crippen LogP contribution >= 0.6 is 34.5 Å². The highest BCUT2D eigenvalue weighted by atomic mass is 35.5. The van der Waals surface area contributed by atoms with E-state index in [0.29, 0.717) is 48.6 Å². The fourth-order valence-corrected chi connectivity index (χ4v) is 4.99. The lowest BCUT2D eigenvalue weighted by Crippen LogP contribution is -2.03. The molecule has 3 aromatic carbocycles. The number of non-ortho nitro benzene ring substituents is 1. The molecule has 0 saturated heterocycles. The molecule has 1 aromatic heterocycles. The maximum atomic E-state index is 11.6. The maximum absolute atomic E-state index is 11.6. The van der Waals surface area contributed by atoms with Crippen molar-refractivity contribution in [3.63, 3.8) is 0 Å². The van der Waals surface area contributed by atoms with Gasteiger partial charge in [-0.1, -0.05) is 46.7 Å². The molecule has 0 spiro atoms. The van der Waals surface area contributed by atoms with Gasteiger partial charge < -0.3 is 14.8 Å². The highest BCUT2D eigenvalue weighted by Crippen LogP contribution is 2.34. The molecule has 0 unspecified atom stereocenters. The first kappa shape index (κ1) is 27.8. The predicted octanol–water partition coefficient (Wildman–Crippen LogP) is 7.58. The van der Waals surface area contributed by atoms with Crippen molar-refractivity contribution in [1.29, 1.82) is 0 Å². The number of nitro groups is 2. The number of benzene rings is 3. The van der Waals surface area contributed by atoms with Crippen molar-refractivity contribution in [2.75, 3.05) is 17.5 Å². The second-order valence-electron chi connectivity index (χ2n) is 8.46. The number of hydrogen-bond acceptors (Lipinski definition) is 11. The van der Waals surface area contributed by atoms with Crippen LogP contribution in [0.2, 0.25) is 10.0 Å². The smallest absolute Gasteiger partial charge is 0.301 e. The molecule has 4 aromatic rings. The standard InChI is InChI=1S/C26H18Cl2N6O6S/c1-14-25(41-26(29-14)30-16-4-6-18(27)19(28)11-16)21(7-2-15-3-9-23-24(10-15)40-13-39-23)32-31-20-8-5-17(33(35)36)12-22(20)34(37)38/h2-12,31H,13H2,1H3,(H,29,30). The van der Waals surface area contributed by atoms with E-state index in [4.69, 9.17) is 32.7 Å². The van der Waals surface area contributed by atoms with Crippen molar-refractivity contribution in [2.45, 2.75) is 6.92 Å². The van der Waals surface area contributed by atoms with Crippen LogP contribution in [-0.4, -0.2) is 27.3 Å². The van der Waals surface area contributed by atoms with E-state index in [1.165, 1.54) is 17.4 Å². The number of aromatic nitrogens is 1. The minimum atomic E-state index is -0.718. The van der Waals surface area contributed by atoms with Gasteiger partial charge in [0.1, 0.15) is 11.4 Å². The lowest BCUT2D eigenvalue weighted by atomic mass is 10.1. The number of fused-ring (bicyclic) bond motifs is 1. The van der Waals surface area contributed by atoms with Crippen LogP contribution in [0.25, 0.3) is 6.08 Å². The summed E-state index contributed by atoms with van der Waals surface area (Å²) in [5, 5.41) is 31.7. The molecule has 0 amide bonds. The van der Waals surface area contributed by atoms with Gasteiger partial charge in [0.05, 0.1) is 36.5 Å². The van der Waals surface area contributed by atoms with Crippen LogP contribution in [0.5, 0.6) is 11.5 Å². The van der Waals surface area contributed by atoms with Crippen LogP contribution in [0, 0.1) is 27.2 Å². The molecule has 5 rings (SSSR count). The Hall–Kier alpha value is -4.72. The number of ether oxygens (including phenoxy) is 2. The Kier molecular flexibility index (Phi) is 8.01. The summed E-state index contributed by atoms with van der Waals surface area (Å²) in [4.78, 5) is 26.5. The predicted molar refractivity (Wildman–Crippen MR) is 158 cm³/mol. The van der Waals surface area contributed by atoms with Crippen molar-refractivity contribution in [3.05, 3.63) is 107 Å². The highest BCUT2D eigenvalue weighted by molar-refractivity contribution is 7.18. The van der Waals surface area contributed by atoms with Gasteiger partial charge in [0.15, 0.2) is 16.6 Å². The fourth-order valence-electron chi connectivity index (χ4n) is 3.74. The number of hydrogen-bond donors (Lipinski definition) is 2. The van der Waals surface area contributed by atoms with Crippen LogP contribution in [-0.2, 0) is 0 Å². The van der Waals surface area contributed by atoms with Crippen molar-refractivity contribution in [2.24, 2.45) is 5.10 Å². The molecule has 1 aliphatic heterocycles. The molecule has 0 radical (unpaired) electrons. The first-order chi connectivity index (χ1) is 19.7. The monoisotopic (exact) mass is 612 g/mol. The summed E-state index contributed by atoms with van der Waals surface area (Å²) >= 11 is 13.4. The Morgan fingerprint density at radius 1 is 1.02 bits per heavy atom. The lowest BCUT2D eigenvalue weighted by molar-refractivity contribution is -0.393. The Labute approximate surface area is 246 Å². The number of thiazole rings is 1. The number of hydrazone groups is 1. The Morgan fingerprint density at radius 3 is 2.59 bits per heavy atom. The SMILES string of the molecule is Cc1nc(Nc2ccc(Cl)c(Cl)c2)sc1C(C=Cc1ccc2c(c1)OCO2)=NNc1ccc([N+](=O)[O-])cc1[N+](=O)[O-]. The van der Waals surface area contributed by atoms with Gasteiger partial charge >= 0.3 is 5.69 Å². The molecule has 2 N–H and O–H groups in total. The van der Waals surface area contributed by atoms with E-state index < -0.39 is 21.2 Å². The third-order valence-electron chi connectivity index (χ3n) is 5.72. The zero-order valence-electron chi connectivity index (χ0n) is 21.0. The van der Waals surface area contributed by atoms with Crippen LogP contribution in [0.15, 0.2) is 65.8 Å². The van der Waals surface area contributed by atoms with Crippen LogP contribution < -0.4 is 20.2 Å². The molecule has 208 valence electrons. The Bertz CT molecular complexity index is 1740. The van der Waals surface area contributed by atoms with Crippen molar-refractivity contribution in [1.82, 2.24) is 4.98 Å². The van der Waals surface area contributed by atoms with Gasteiger partial charge in [-0.15, -0.1) is 0 Å². The van der Waals surface area contributed by atoms with Crippen LogP contribution in [0.1, 0.15) is 16.1 Å². The van der Waals surface area contributed by atoms with E-state index >= 15 is 0 Å². The number of anilines is 3. The van der Waals surface area contributed by atoms with Gasteiger partial charge in [-0.2, -0.15) is 5.10 Å². The summed E-state index contributed by atoms with van der Waals surface area (Å²) in [6.45, 7) is 1.94. The molecule has 2 heterocycles. The molecule has 0 atom stereocenters. The Morgan fingerprint density at radius 2 is 1.83 bits per heavy atom. The lowest BCUT2D eigenvalue weighted by Gasteiger charge is -2.05. The zero-order chi connectivity index (χ0) is 29.1. The summed E-state index contributed by atoms with van der Waals surface area (Å²) in [5.41, 5.74) is 4.26. The summed E-state index contributed by atoms with van der Waals surface area (Å²) in [6.07, 6.45) is 3.50. The van der Waals surface area contributed by atoms with Gasteiger partial charge in [0, 0.05) is 11.8 Å². The number of aryl methyl sites for hydroxylation is 1. The molecule has 1 aliphatic rings. The van der Waals surface area contributed by atoms with Crippen LogP contribution in [0.4, 0.5) is 27.9 Å². The first-order valence-corrected chi connectivity index (χ1v) is 13.3. The average molecular weight is 613 g/mol. The van der Waals surface area contributed by atoms with E-state index in [1.54, 1.807) is 43.3 Å². The molecule has 15 heteroatoms. The minimum absolute atomic E-state index is 0.0223. The summed E-state index contributed by atoms with van der Waals surface area (Å²) in [7, 11) is 0. The molecule has 0 saturated carbocycles. The number of allylic oxidation sites excluding steroid dienone is 1. The molecule has 0 aliphatic carbocycles. The quantitative estimate of drug-likeness (QED) is 0.110. The second-order valence-corrected chi connectivity index (χ2v) is 10.3. The average Bonchev–Trinajstić information content (AvgIpc) is 3.56.